The average Bonchev–Trinajstić information content (AvgIpc) is 2.91. The van der Waals surface area contributed by atoms with E-state index < -0.39 is 10.7 Å². The van der Waals surface area contributed by atoms with Gasteiger partial charge < -0.3 is 10.4 Å². The topological polar surface area (TPSA) is 78.6 Å². The summed E-state index contributed by atoms with van der Waals surface area (Å²) in [5.74, 6) is -0.609. The number of nitro benzene ring substituents is 1. The number of non-ortho nitro benzene ring substituents is 1. The Kier molecular flexibility index (Phi) is 5.60. The molecule has 0 amide bonds. The minimum Gasteiger partial charge on any atom is -0.395 e. The molecule has 1 heterocycles. The van der Waals surface area contributed by atoms with Gasteiger partial charge in [-0.15, -0.1) is 0 Å². The minimum atomic E-state index is -0.609. The number of nitrogens with one attached hydrogen (secondary N) is 1. The molecule has 0 radical (unpaired) electrons. The van der Waals surface area contributed by atoms with Gasteiger partial charge in [-0.05, 0) is 31.0 Å². The molecule has 6 nitrogen and oxygen atoms in total. The normalized spacial score (nSPS) is 18.3. The second kappa shape index (κ2) is 7.44. The number of aliphatic hydroxyl groups excluding tert-OH is 1. The zero-order chi connectivity index (χ0) is 15.2. The van der Waals surface area contributed by atoms with E-state index in [-0.39, 0.29) is 12.3 Å². The molecule has 1 unspecified atom stereocenters. The average molecular weight is 297 g/mol. The zero-order valence-electron chi connectivity index (χ0n) is 11.8. The molecule has 0 spiro atoms. The Labute approximate surface area is 122 Å². The van der Waals surface area contributed by atoms with Crippen LogP contribution in [0.2, 0.25) is 0 Å². The van der Waals surface area contributed by atoms with E-state index in [1.54, 1.807) is 0 Å². The van der Waals surface area contributed by atoms with Crippen molar-refractivity contribution in [3.8, 4) is 0 Å². The minimum absolute atomic E-state index is 0.00410. The van der Waals surface area contributed by atoms with Crippen molar-refractivity contribution in [2.24, 2.45) is 0 Å². The van der Waals surface area contributed by atoms with Gasteiger partial charge in [-0.1, -0.05) is 0 Å². The number of nitrogens with zero attached hydrogens (tertiary/aromatic N) is 2. The standard InChI is InChI=1S/C14H20FN3O3/c15-12-6-11(7-14(8-12)18(20)21)9-17(4-5-19)10-13-2-1-3-16-13/h6-8,13,16,19H,1-5,9-10H2. The van der Waals surface area contributed by atoms with E-state index in [0.29, 0.717) is 24.7 Å². The first-order valence-electron chi connectivity index (χ1n) is 7.09. The van der Waals surface area contributed by atoms with Gasteiger partial charge in [0.25, 0.3) is 5.69 Å². The zero-order valence-corrected chi connectivity index (χ0v) is 11.8. The fourth-order valence-corrected chi connectivity index (χ4v) is 2.69. The molecule has 1 atom stereocenters. The molecule has 1 aromatic carbocycles. The van der Waals surface area contributed by atoms with Crippen LogP contribution in [0.4, 0.5) is 10.1 Å². The molecule has 7 heteroatoms. The first-order valence-corrected chi connectivity index (χ1v) is 7.09. The van der Waals surface area contributed by atoms with Gasteiger partial charge in [0.05, 0.1) is 17.6 Å². The maximum atomic E-state index is 13.4. The predicted molar refractivity (Wildman–Crippen MR) is 76.4 cm³/mol. The Morgan fingerprint density at radius 1 is 1.48 bits per heavy atom. The molecular weight excluding hydrogens is 277 g/mol. The van der Waals surface area contributed by atoms with Crippen LogP contribution in [0, 0.1) is 15.9 Å². The number of benzene rings is 1. The molecule has 0 aromatic heterocycles. The Morgan fingerprint density at radius 3 is 2.90 bits per heavy atom. The van der Waals surface area contributed by atoms with Crippen molar-refractivity contribution < 1.29 is 14.4 Å². The number of hydrogen-bond donors (Lipinski definition) is 2. The highest BCUT2D eigenvalue weighted by Crippen LogP contribution is 2.18. The van der Waals surface area contributed by atoms with Crippen LogP contribution in [-0.2, 0) is 6.54 Å². The molecule has 0 bridgehead atoms. The monoisotopic (exact) mass is 297 g/mol. The quantitative estimate of drug-likeness (QED) is 0.585. The second-order valence-corrected chi connectivity index (χ2v) is 5.33. The van der Waals surface area contributed by atoms with Crippen molar-refractivity contribution in [3.05, 3.63) is 39.7 Å². The lowest BCUT2D eigenvalue weighted by Gasteiger charge is -2.24. The third kappa shape index (κ3) is 4.73. The maximum absolute atomic E-state index is 13.4. The summed E-state index contributed by atoms with van der Waals surface area (Å²) in [5, 5.41) is 23.3. The Hall–Kier alpha value is -1.57. The van der Waals surface area contributed by atoms with Gasteiger partial charge in [-0.2, -0.15) is 0 Å². The van der Waals surface area contributed by atoms with E-state index in [1.807, 2.05) is 4.90 Å². The van der Waals surface area contributed by atoms with Crippen molar-refractivity contribution in [2.75, 3.05) is 26.2 Å². The number of rotatable bonds is 7. The van der Waals surface area contributed by atoms with Gasteiger partial charge >= 0.3 is 0 Å². The summed E-state index contributed by atoms with van der Waals surface area (Å²) < 4.78 is 13.4. The first-order chi connectivity index (χ1) is 10.1. The summed E-state index contributed by atoms with van der Waals surface area (Å²) in [6.07, 6.45) is 2.20. The first kappa shape index (κ1) is 15.8. The molecule has 0 aliphatic carbocycles. The van der Waals surface area contributed by atoms with Crippen LogP contribution in [0.5, 0.6) is 0 Å². The van der Waals surface area contributed by atoms with Gasteiger partial charge in [-0.25, -0.2) is 4.39 Å². The van der Waals surface area contributed by atoms with Crippen molar-refractivity contribution >= 4 is 5.69 Å². The molecule has 116 valence electrons. The highest BCUT2D eigenvalue weighted by atomic mass is 19.1. The van der Waals surface area contributed by atoms with Crippen LogP contribution in [0.25, 0.3) is 0 Å². The van der Waals surface area contributed by atoms with Crippen LogP contribution in [0.3, 0.4) is 0 Å². The fourth-order valence-electron chi connectivity index (χ4n) is 2.69. The van der Waals surface area contributed by atoms with Crippen LogP contribution in [-0.4, -0.2) is 47.2 Å². The van der Waals surface area contributed by atoms with E-state index in [4.69, 9.17) is 5.11 Å². The summed E-state index contributed by atoms with van der Waals surface area (Å²) in [6, 6.07) is 3.97. The van der Waals surface area contributed by atoms with Crippen LogP contribution < -0.4 is 5.32 Å². The Bertz CT molecular complexity index is 492. The van der Waals surface area contributed by atoms with E-state index >= 15 is 0 Å². The lowest BCUT2D eigenvalue weighted by Crippen LogP contribution is -2.38. The van der Waals surface area contributed by atoms with Crippen LogP contribution in [0.1, 0.15) is 18.4 Å². The van der Waals surface area contributed by atoms with Gasteiger partial charge in [0.1, 0.15) is 5.82 Å². The number of nitro groups is 1. The Balaban J connectivity index is 2.06. The summed E-state index contributed by atoms with van der Waals surface area (Å²) in [4.78, 5) is 12.2. The molecule has 1 aromatic rings. The highest BCUT2D eigenvalue weighted by molar-refractivity contribution is 5.35. The molecule has 2 rings (SSSR count). The fraction of sp³-hybridized carbons (Fsp3) is 0.571. The van der Waals surface area contributed by atoms with Crippen molar-refractivity contribution in [2.45, 2.75) is 25.4 Å². The summed E-state index contributed by atoms with van der Waals surface area (Å²) in [6.45, 7) is 2.58. The molecule has 1 aliphatic heterocycles. The highest BCUT2D eigenvalue weighted by Gasteiger charge is 2.19. The van der Waals surface area contributed by atoms with E-state index in [1.165, 1.54) is 12.1 Å². The maximum Gasteiger partial charge on any atom is 0.272 e. The number of hydrogen-bond acceptors (Lipinski definition) is 5. The van der Waals surface area contributed by atoms with Gasteiger partial charge in [-0.3, -0.25) is 15.0 Å². The van der Waals surface area contributed by atoms with Crippen LogP contribution >= 0.6 is 0 Å². The molecule has 0 saturated carbocycles. The number of aliphatic hydroxyl groups is 1. The predicted octanol–water partition coefficient (Wildman–Crippen LogP) is 1.28. The third-order valence-corrected chi connectivity index (χ3v) is 3.62. The van der Waals surface area contributed by atoms with Crippen LogP contribution in [0.15, 0.2) is 18.2 Å². The van der Waals surface area contributed by atoms with Gasteiger partial charge in [0, 0.05) is 31.7 Å². The third-order valence-electron chi connectivity index (χ3n) is 3.62. The van der Waals surface area contributed by atoms with Crippen molar-refractivity contribution in [3.63, 3.8) is 0 Å². The molecular formula is C14H20FN3O3. The van der Waals surface area contributed by atoms with E-state index in [9.17, 15) is 14.5 Å². The lowest BCUT2D eigenvalue weighted by atomic mass is 10.1. The van der Waals surface area contributed by atoms with E-state index in [0.717, 1.165) is 32.0 Å². The molecule has 21 heavy (non-hydrogen) atoms. The molecule has 1 saturated heterocycles. The largest absolute Gasteiger partial charge is 0.395 e. The van der Waals surface area contributed by atoms with Gasteiger partial charge in [0.15, 0.2) is 0 Å². The molecule has 2 N–H and O–H groups in total. The smallest absolute Gasteiger partial charge is 0.272 e. The number of halogens is 1. The summed E-state index contributed by atoms with van der Waals surface area (Å²) >= 11 is 0. The molecule has 1 aliphatic rings. The summed E-state index contributed by atoms with van der Waals surface area (Å²) in [7, 11) is 0. The SMILES string of the molecule is O=[N+]([O-])c1cc(F)cc(CN(CCO)CC2CCCN2)c1. The van der Waals surface area contributed by atoms with Crippen molar-refractivity contribution in [1.82, 2.24) is 10.2 Å². The Morgan fingerprint density at radius 2 is 2.29 bits per heavy atom. The molecule has 1 fully saturated rings. The second-order valence-electron chi connectivity index (χ2n) is 5.33. The van der Waals surface area contributed by atoms with Crippen molar-refractivity contribution in [1.29, 1.82) is 0 Å². The van der Waals surface area contributed by atoms with E-state index in [2.05, 4.69) is 5.32 Å². The summed E-state index contributed by atoms with van der Waals surface area (Å²) in [5.41, 5.74) is 0.307. The lowest BCUT2D eigenvalue weighted by molar-refractivity contribution is -0.385. The van der Waals surface area contributed by atoms with Gasteiger partial charge in [0.2, 0.25) is 0 Å².